The summed E-state index contributed by atoms with van der Waals surface area (Å²) in [6, 6.07) is 8.85. The molecule has 0 heterocycles. The first kappa shape index (κ1) is 23.3. The number of sulfone groups is 1. The Morgan fingerprint density at radius 2 is 1.62 bits per heavy atom. The van der Waals surface area contributed by atoms with Gasteiger partial charge in [0, 0.05) is 17.0 Å². The van der Waals surface area contributed by atoms with Gasteiger partial charge in [0.05, 0.1) is 4.90 Å². The standard InChI is InChI=1S/C18H17ClF2O2S.C3H6O2/c19-13-4-7-15(8-5-13)24(22,23)18(10-2-1-3-11-18)16-12-14(20)6-9-17(16)21;1-2-3(4)5/h4-9,12H,1-3,10-11H2;2H2,1H3,(H,4,5). The van der Waals surface area contributed by atoms with E-state index in [9.17, 15) is 22.0 Å². The average Bonchev–Trinajstić information content (AvgIpc) is 2.71. The zero-order chi connectivity index (χ0) is 21.7. The van der Waals surface area contributed by atoms with Gasteiger partial charge in [0.1, 0.15) is 16.4 Å². The maximum absolute atomic E-state index is 14.5. The van der Waals surface area contributed by atoms with Crippen LogP contribution >= 0.6 is 11.6 Å². The third kappa shape index (κ3) is 5.14. The number of aliphatic carboxylic acids is 1. The summed E-state index contributed by atoms with van der Waals surface area (Å²) in [7, 11) is -3.90. The fourth-order valence-corrected chi connectivity index (χ4v) is 5.84. The Bertz CT molecular complexity index is 953. The van der Waals surface area contributed by atoms with Crippen molar-refractivity contribution in [1.82, 2.24) is 0 Å². The van der Waals surface area contributed by atoms with Crippen molar-refractivity contribution in [1.29, 1.82) is 0 Å². The Morgan fingerprint density at radius 3 is 2.14 bits per heavy atom. The number of hydrogen-bond acceptors (Lipinski definition) is 3. The fraction of sp³-hybridized carbons (Fsp3) is 0.381. The van der Waals surface area contributed by atoms with Gasteiger partial charge < -0.3 is 5.11 Å². The molecule has 1 saturated carbocycles. The van der Waals surface area contributed by atoms with Crippen molar-refractivity contribution >= 4 is 27.4 Å². The molecule has 0 radical (unpaired) electrons. The van der Waals surface area contributed by atoms with Crippen molar-refractivity contribution in [3.05, 3.63) is 64.7 Å². The van der Waals surface area contributed by atoms with E-state index in [1.54, 1.807) is 6.92 Å². The maximum atomic E-state index is 14.5. The molecule has 2 aromatic carbocycles. The molecule has 0 amide bonds. The van der Waals surface area contributed by atoms with Crippen molar-refractivity contribution in [3.8, 4) is 0 Å². The number of carbonyl (C=O) groups is 1. The largest absolute Gasteiger partial charge is 0.481 e. The van der Waals surface area contributed by atoms with Crippen molar-refractivity contribution < 1.29 is 27.1 Å². The molecular weight excluding hydrogens is 422 g/mol. The molecule has 0 atom stereocenters. The summed E-state index contributed by atoms with van der Waals surface area (Å²) in [4.78, 5) is 9.45. The van der Waals surface area contributed by atoms with Gasteiger partial charge in [0.2, 0.25) is 0 Å². The molecule has 3 rings (SSSR count). The van der Waals surface area contributed by atoms with E-state index >= 15 is 0 Å². The monoisotopic (exact) mass is 444 g/mol. The van der Waals surface area contributed by atoms with Gasteiger partial charge in [-0.05, 0) is 55.3 Å². The number of hydrogen-bond donors (Lipinski definition) is 1. The predicted octanol–water partition coefficient (Wildman–Crippen LogP) is 5.73. The van der Waals surface area contributed by atoms with Crippen LogP contribution in [0.5, 0.6) is 0 Å². The molecule has 1 aliphatic rings. The van der Waals surface area contributed by atoms with Crippen molar-refractivity contribution in [2.45, 2.75) is 55.1 Å². The molecule has 0 unspecified atom stereocenters. The highest BCUT2D eigenvalue weighted by atomic mass is 35.5. The third-order valence-corrected chi connectivity index (χ3v) is 7.82. The Morgan fingerprint density at radius 1 is 1.07 bits per heavy atom. The molecule has 1 N–H and O–H groups in total. The number of carboxylic acids is 1. The second-order valence-corrected chi connectivity index (χ2v) is 9.58. The van der Waals surface area contributed by atoms with Crippen molar-refractivity contribution in [3.63, 3.8) is 0 Å². The van der Waals surface area contributed by atoms with E-state index in [4.69, 9.17) is 16.7 Å². The molecule has 0 aliphatic heterocycles. The van der Waals surface area contributed by atoms with Crippen LogP contribution in [0.4, 0.5) is 8.78 Å². The normalized spacial score (nSPS) is 15.9. The Balaban J connectivity index is 0.000000537. The Labute approximate surface area is 174 Å². The SMILES string of the molecule is CCC(=O)O.O=S(=O)(c1ccc(Cl)cc1)C1(c2cc(F)ccc2F)CCCCC1. The molecule has 158 valence electrons. The van der Waals surface area contributed by atoms with Crippen LogP contribution in [0.25, 0.3) is 0 Å². The Hall–Kier alpha value is -1.99. The molecule has 4 nitrogen and oxygen atoms in total. The quantitative estimate of drug-likeness (QED) is 0.653. The smallest absolute Gasteiger partial charge is 0.303 e. The summed E-state index contributed by atoms with van der Waals surface area (Å²) >= 11 is 5.84. The van der Waals surface area contributed by atoms with Crippen LogP contribution < -0.4 is 0 Å². The van der Waals surface area contributed by atoms with E-state index in [0.29, 0.717) is 17.9 Å². The lowest BCUT2D eigenvalue weighted by atomic mass is 9.82. The van der Waals surface area contributed by atoms with Gasteiger partial charge in [0.25, 0.3) is 0 Å². The molecular formula is C21H23ClF2O4S. The van der Waals surface area contributed by atoms with E-state index in [1.165, 1.54) is 24.3 Å². The molecule has 2 aromatic rings. The predicted molar refractivity (Wildman–Crippen MR) is 108 cm³/mol. The van der Waals surface area contributed by atoms with Crippen LogP contribution in [0.3, 0.4) is 0 Å². The number of carboxylic acid groups (broad SMARTS) is 1. The van der Waals surface area contributed by atoms with Gasteiger partial charge in [-0.25, -0.2) is 17.2 Å². The first-order valence-corrected chi connectivity index (χ1v) is 11.2. The summed E-state index contributed by atoms with van der Waals surface area (Å²) in [6.45, 7) is 1.60. The van der Waals surface area contributed by atoms with Crippen LogP contribution in [0, 0.1) is 11.6 Å². The Kier molecular flexibility index (Phi) is 7.77. The van der Waals surface area contributed by atoms with E-state index < -0.39 is 32.2 Å². The summed E-state index contributed by atoms with van der Waals surface area (Å²) < 4.78 is 53.5. The summed E-state index contributed by atoms with van der Waals surface area (Å²) in [5.74, 6) is -2.07. The van der Waals surface area contributed by atoms with Gasteiger partial charge in [-0.2, -0.15) is 0 Å². The minimum absolute atomic E-state index is 0.0721. The lowest BCUT2D eigenvalue weighted by Crippen LogP contribution is -2.39. The van der Waals surface area contributed by atoms with Gasteiger partial charge in [0.15, 0.2) is 9.84 Å². The zero-order valence-corrected chi connectivity index (χ0v) is 17.6. The summed E-state index contributed by atoms with van der Waals surface area (Å²) in [6.07, 6.45) is 2.97. The first-order valence-electron chi connectivity index (χ1n) is 9.31. The second-order valence-electron chi connectivity index (χ2n) is 6.88. The summed E-state index contributed by atoms with van der Waals surface area (Å²) in [5, 5.41) is 8.14. The van der Waals surface area contributed by atoms with Crippen molar-refractivity contribution in [2.24, 2.45) is 0 Å². The topological polar surface area (TPSA) is 71.4 Å². The fourth-order valence-electron chi connectivity index (χ4n) is 3.49. The van der Waals surface area contributed by atoms with Gasteiger partial charge in [-0.3, -0.25) is 4.79 Å². The average molecular weight is 445 g/mol. The molecule has 8 heteroatoms. The number of rotatable bonds is 4. The first-order chi connectivity index (χ1) is 13.6. The van der Waals surface area contributed by atoms with Crippen LogP contribution in [-0.2, 0) is 19.4 Å². The molecule has 29 heavy (non-hydrogen) atoms. The van der Waals surface area contributed by atoms with Crippen LogP contribution in [0.15, 0.2) is 47.4 Å². The van der Waals surface area contributed by atoms with Crippen LogP contribution in [-0.4, -0.2) is 19.5 Å². The van der Waals surface area contributed by atoms with Crippen LogP contribution in [0.1, 0.15) is 51.0 Å². The van der Waals surface area contributed by atoms with E-state index in [-0.39, 0.29) is 29.7 Å². The molecule has 0 bridgehead atoms. The van der Waals surface area contributed by atoms with Gasteiger partial charge >= 0.3 is 5.97 Å². The van der Waals surface area contributed by atoms with Crippen molar-refractivity contribution in [2.75, 3.05) is 0 Å². The van der Waals surface area contributed by atoms with Gasteiger partial charge in [-0.1, -0.05) is 37.8 Å². The van der Waals surface area contributed by atoms with Gasteiger partial charge in [-0.15, -0.1) is 0 Å². The molecule has 1 fully saturated rings. The lowest BCUT2D eigenvalue weighted by molar-refractivity contribution is -0.136. The highest BCUT2D eigenvalue weighted by Gasteiger charge is 2.48. The highest BCUT2D eigenvalue weighted by molar-refractivity contribution is 7.92. The van der Waals surface area contributed by atoms with E-state index in [1.807, 2.05) is 0 Å². The third-order valence-electron chi connectivity index (χ3n) is 5.02. The lowest BCUT2D eigenvalue weighted by Gasteiger charge is -2.37. The van der Waals surface area contributed by atoms with Crippen LogP contribution in [0.2, 0.25) is 5.02 Å². The zero-order valence-electron chi connectivity index (χ0n) is 16.0. The van der Waals surface area contributed by atoms with E-state index in [2.05, 4.69) is 0 Å². The molecule has 0 aromatic heterocycles. The highest BCUT2D eigenvalue weighted by Crippen LogP contribution is 2.47. The number of halogens is 3. The maximum Gasteiger partial charge on any atom is 0.303 e. The summed E-state index contributed by atoms with van der Waals surface area (Å²) in [5.41, 5.74) is -0.0721. The molecule has 0 spiro atoms. The molecule has 1 aliphatic carbocycles. The minimum Gasteiger partial charge on any atom is -0.481 e. The second kappa shape index (κ2) is 9.67. The minimum atomic E-state index is -3.90. The van der Waals surface area contributed by atoms with E-state index in [0.717, 1.165) is 24.6 Å². The number of benzene rings is 2. The molecule has 0 saturated heterocycles.